The van der Waals surface area contributed by atoms with Gasteiger partial charge in [-0.3, -0.25) is 0 Å². The number of imidazole rings is 1. The van der Waals surface area contributed by atoms with Crippen molar-refractivity contribution in [1.29, 1.82) is 0 Å². The first-order valence-electron chi connectivity index (χ1n) is 5.54. The molecule has 0 amide bonds. The van der Waals surface area contributed by atoms with E-state index in [0.717, 1.165) is 17.0 Å². The summed E-state index contributed by atoms with van der Waals surface area (Å²) in [7, 11) is 1.73. The second-order valence-corrected chi connectivity index (χ2v) is 5.12. The molecule has 0 aliphatic heterocycles. The zero-order chi connectivity index (χ0) is 13.6. The molecule has 6 heteroatoms. The minimum absolute atomic E-state index is 0.484. The van der Waals surface area contributed by atoms with Gasteiger partial charge in [0, 0.05) is 7.05 Å². The summed E-state index contributed by atoms with van der Waals surface area (Å²) >= 11 is 1.51. The van der Waals surface area contributed by atoms with Gasteiger partial charge in [0.25, 0.3) is 0 Å². The highest BCUT2D eigenvalue weighted by Gasteiger charge is 2.31. The summed E-state index contributed by atoms with van der Waals surface area (Å²) in [6, 6.07) is 7.40. The third-order valence-electron chi connectivity index (χ3n) is 2.95. The predicted octanol–water partition coefficient (Wildman–Crippen LogP) is 4.32. The molecular weight excluding hydrogens is 273 g/mol. The van der Waals surface area contributed by atoms with Crippen LogP contribution in [0.5, 0.6) is 0 Å². The van der Waals surface area contributed by atoms with Crippen LogP contribution in [-0.2, 0) is 13.2 Å². The lowest BCUT2D eigenvalue weighted by molar-refractivity contribution is -0.137. The van der Waals surface area contributed by atoms with Crippen LogP contribution in [-0.4, -0.2) is 9.55 Å². The van der Waals surface area contributed by atoms with Crippen LogP contribution in [0, 0.1) is 0 Å². The smallest absolute Gasteiger partial charge is 0.326 e. The second-order valence-electron chi connectivity index (χ2n) is 4.17. The number of nitrogens with zero attached hydrogens (tertiary/aromatic N) is 2. The highest BCUT2D eigenvalue weighted by Crippen LogP contribution is 2.33. The fourth-order valence-electron chi connectivity index (χ4n) is 1.99. The molecule has 0 aliphatic rings. The molecule has 0 radical (unpaired) electrons. The normalized spacial score (nSPS) is 12.2. The van der Waals surface area contributed by atoms with E-state index in [9.17, 15) is 13.2 Å². The maximum Gasteiger partial charge on any atom is 0.416 e. The van der Waals surface area contributed by atoms with Crippen LogP contribution in [0.3, 0.4) is 0 Å². The maximum absolute atomic E-state index is 12.7. The first-order valence-corrected chi connectivity index (χ1v) is 6.42. The summed E-state index contributed by atoms with van der Waals surface area (Å²) in [6.07, 6.45) is -4.33. The number of hydrogen-bond acceptors (Lipinski definition) is 2. The minimum atomic E-state index is -4.33. The third kappa shape index (κ3) is 2.02. The number of halogens is 3. The highest BCUT2D eigenvalue weighted by atomic mass is 32.1. The topological polar surface area (TPSA) is 17.8 Å². The van der Waals surface area contributed by atoms with Crippen molar-refractivity contribution in [3.05, 3.63) is 41.3 Å². The van der Waals surface area contributed by atoms with Gasteiger partial charge in [-0.1, -0.05) is 6.07 Å². The van der Waals surface area contributed by atoms with Crippen LogP contribution >= 0.6 is 11.3 Å². The Labute approximate surface area is 111 Å². The van der Waals surface area contributed by atoms with E-state index < -0.39 is 11.7 Å². The van der Waals surface area contributed by atoms with E-state index in [1.807, 2.05) is 17.5 Å². The number of fused-ring (bicyclic) bond motifs is 1. The molecule has 2 aromatic heterocycles. The highest BCUT2D eigenvalue weighted by molar-refractivity contribution is 7.13. The van der Waals surface area contributed by atoms with Gasteiger partial charge in [-0.25, -0.2) is 4.98 Å². The molecule has 0 spiro atoms. The van der Waals surface area contributed by atoms with E-state index in [-0.39, 0.29) is 0 Å². The number of aryl methyl sites for hydroxylation is 1. The Morgan fingerprint density at radius 2 is 2.00 bits per heavy atom. The van der Waals surface area contributed by atoms with E-state index in [0.29, 0.717) is 16.9 Å². The Morgan fingerprint density at radius 1 is 1.21 bits per heavy atom. The van der Waals surface area contributed by atoms with Crippen molar-refractivity contribution in [1.82, 2.24) is 9.55 Å². The summed E-state index contributed by atoms with van der Waals surface area (Å²) in [6.45, 7) is 0. The molecule has 0 fully saturated rings. The van der Waals surface area contributed by atoms with Crippen LogP contribution < -0.4 is 0 Å². The standard InChI is InChI=1S/C13H9F3N2S/c1-18-10-7-8(13(14,15)16)4-5-9(10)17-12(18)11-3-2-6-19-11/h2-7H,1H3. The zero-order valence-corrected chi connectivity index (χ0v) is 10.7. The van der Waals surface area contributed by atoms with Gasteiger partial charge >= 0.3 is 6.18 Å². The van der Waals surface area contributed by atoms with Gasteiger partial charge in [0.2, 0.25) is 0 Å². The molecule has 3 rings (SSSR count). The fourth-order valence-corrected chi connectivity index (χ4v) is 2.74. The summed E-state index contributed by atoms with van der Waals surface area (Å²) in [5, 5.41) is 1.91. The number of hydrogen-bond donors (Lipinski definition) is 0. The van der Waals surface area contributed by atoms with Crippen molar-refractivity contribution in [3.63, 3.8) is 0 Å². The molecule has 0 bridgehead atoms. The molecule has 19 heavy (non-hydrogen) atoms. The molecule has 2 nitrogen and oxygen atoms in total. The predicted molar refractivity (Wildman–Crippen MR) is 69.0 cm³/mol. The quantitative estimate of drug-likeness (QED) is 0.650. The number of aromatic nitrogens is 2. The van der Waals surface area contributed by atoms with Gasteiger partial charge in [0.1, 0.15) is 0 Å². The van der Waals surface area contributed by atoms with Crippen LogP contribution in [0.15, 0.2) is 35.7 Å². The summed E-state index contributed by atoms with van der Waals surface area (Å²) in [5.74, 6) is 0.685. The van der Waals surface area contributed by atoms with E-state index in [1.54, 1.807) is 11.6 Å². The van der Waals surface area contributed by atoms with Gasteiger partial charge in [0.15, 0.2) is 5.82 Å². The molecular formula is C13H9F3N2S. The lowest BCUT2D eigenvalue weighted by atomic mass is 10.2. The molecule has 2 heterocycles. The van der Waals surface area contributed by atoms with Gasteiger partial charge < -0.3 is 4.57 Å². The summed E-state index contributed by atoms with van der Waals surface area (Å²) in [4.78, 5) is 5.32. The van der Waals surface area contributed by atoms with Gasteiger partial charge in [0.05, 0.1) is 21.5 Å². The van der Waals surface area contributed by atoms with Gasteiger partial charge in [-0.15, -0.1) is 11.3 Å². The average Bonchev–Trinajstić information content (AvgIpc) is 2.96. The van der Waals surface area contributed by atoms with Gasteiger partial charge in [-0.2, -0.15) is 13.2 Å². The van der Waals surface area contributed by atoms with Crippen LogP contribution in [0.2, 0.25) is 0 Å². The molecule has 0 aliphatic carbocycles. The molecule has 0 unspecified atom stereocenters. The van der Waals surface area contributed by atoms with Crippen LogP contribution in [0.1, 0.15) is 5.56 Å². The molecule has 0 atom stereocenters. The van der Waals surface area contributed by atoms with Crippen molar-refractivity contribution in [2.45, 2.75) is 6.18 Å². The van der Waals surface area contributed by atoms with Crippen LogP contribution in [0.4, 0.5) is 13.2 Å². The van der Waals surface area contributed by atoms with E-state index in [4.69, 9.17) is 0 Å². The Hall–Kier alpha value is -1.82. The zero-order valence-electron chi connectivity index (χ0n) is 9.90. The number of benzene rings is 1. The van der Waals surface area contributed by atoms with Crippen LogP contribution in [0.25, 0.3) is 21.7 Å². The third-order valence-corrected chi connectivity index (χ3v) is 3.82. The van der Waals surface area contributed by atoms with E-state index in [1.165, 1.54) is 17.4 Å². The Morgan fingerprint density at radius 3 is 2.63 bits per heavy atom. The first-order chi connectivity index (χ1) is 8.97. The number of rotatable bonds is 1. The SMILES string of the molecule is Cn1c(-c2cccs2)nc2ccc(C(F)(F)F)cc21. The lowest BCUT2D eigenvalue weighted by Gasteiger charge is -2.06. The molecule has 1 aromatic carbocycles. The number of thiophene rings is 1. The number of alkyl halides is 3. The first kappa shape index (κ1) is 12.2. The van der Waals surface area contributed by atoms with E-state index in [2.05, 4.69) is 4.98 Å². The molecule has 3 aromatic rings. The largest absolute Gasteiger partial charge is 0.416 e. The molecule has 0 saturated heterocycles. The van der Waals surface area contributed by atoms with E-state index >= 15 is 0 Å². The Balaban J connectivity index is 2.22. The van der Waals surface area contributed by atoms with Crippen molar-refractivity contribution in [2.75, 3.05) is 0 Å². The second kappa shape index (κ2) is 4.09. The van der Waals surface area contributed by atoms with Crippen molar-refractivity contribution >= 4 is 22.4 Å². The van der Waals surface area contributed by atoms with Crippen molar-refractivity contribution in [3.8, 4) is 10.7 Å². The monoisotopic (exact) mass is 282 g/mol. The Bertz CT molecular complexity index is 726. The summed E-state index contributed by atoms with van der Waals surface area (Å²) < 4.78 is 39.8. The maximum atomic E-state index is 12.7. The fraction of sp³-hybridized carbons (Fsp3) is 0.154. The average molecular weight is 282 g/mol. The summed E-state index contributed by atoms with van der Waals surface area (Å²) in [5.41, 5.74) is 0.401. The van der Waals surface area contributed by atoms with Crippen molar-refractivity contribution < 1.29 is 13.2 Å². The van der Waals surface area contributed by atoms with Crippen molar-refractivity contribution in [2.24, 2.45) is 7.05 Å². The molecule has 0 N–H and O–H groups in total. The molecule has 98 valence electrons. The Kier molecular flexibility index (Phi) is 2.63. The minimum Gasteiger partial charge on any atom is -0.326 e. The molecule has 0 saturated carbocycles. The lowest BCUT2D eigenvalue weighted by Crippen LogP contribution is -2.04. The van der Waals surface area contributed by atoms with Gasteiger partial charge in [-0.05, 0) is 29.6 Å².